The number of hydrogen-bond acceptors (Lipinski definition) is 3. The van der Waals surface area contributed by atoms with Gasteiger partial charge in [-0.3, -0.25) is 5.10 Å². The maximum Gasteiger partial charge on any atom is 0.181 e. The van der Waals surface area contributed by atoms with Crippen molar-refractivity contribution in [2.24, 2.45) is 5.73 Å². The number of benzene rings is 1. The molecule has 0 saturated carbocycles. The summed E-state index contributed by atoms with van der Waals surface area (Å²) in [6, 6.07) is 7.97. The molecule has 0 fully saturated rings. The second kappa shape index (κ2) is 3.82. The van der Waals surface area contributed by atoms with E-state index in [2.05, 4.69) is 22.1 Å². The third kappa shape index (κ3) is 2.05. The number of aryl methyl sites for hydroxylation is 1. The SMILES string of the molecule is Cc1ccc(-c2n[nH]c([C@@H](C)N)n2)cc1. The van der Waals surface area contributed by atoms with Gasteiger partial charge in [0.25, 0.3) is 0 Å². The fraction of sp³-hybridized carbons (Fsp3) is 0.273. The first-order chi connectivity index (χ1) is 7.16. The standard InChI is InChI=1S/C11H14N4/c1-7-3-5-9(6-4-7)11-13-10(8(2)12)14-15-11/h3-6,8H,12H2,1-2H3,(H,13,14,15)/t8-/m1/s1. The molecular weight excluding hydrogens is 188 g/mol. The molecule has 0 aliphatic rings. The first-order valence-electron chi connectivity index (χ1n) is 4.92. The van der Waals surface area contributed by atoms with Crippen molar-refractivity contribution in [3.05, 3.63) is 35.7 Å². The zero-order valence-electron chi connectivity index (χ0n) is 8.86. The molecule has 1 aromatic carbocycles. The highest BCUT2D eigenvalue weighted by molar-refractivity contribution is 5.54. The van der Waals surface area contributed by atoms with Crippen molar-refractivity contribution >= 4 is 0 Å². The van der Waals surface area contributed by atoms with Crippen molar-refractivity contribution in [2.75, 3.05) is 0 Å². The number of nitrogens with one attached hydrogen (secondary N) is 1. The zero-order valence-corrected chi connectivity index (χ0v) is 8.86. The van der Waals surface area contributed by atoms with Gasteiger partial charge in [0.15, 0.2) is 5.82 Å². The van der Waals surface area contributed by atoms with E-state index >= 15 is 0 Å². The van der Waals surface area contributed by atoms with Crippen LogP contribution in [0.3, 0.4) is 0 Å². The summed E-state index contributed by atoms with van der Waals surface area (Å²) in [6.07, 6.45) is 0. The molecule has 0 aliphatic heterocycles. The Hall–Kier alpha value is -1.68. The van der Waals surface area contributed by atoms with Crippen LogP contribution in [0.4, 0.5) is 0 Å². The average Bonchev–Trinajstić information content (AvgIpc) is 2.68. The molecule has 0 radical (unpaired) electrons. The summed E-state index contributed by atoms with van der Waals surface area (Å²) in [5, 5.41) is 6.95. The van der Waals surface area contributed by atoms with Gasteiger partial charge in [0, 0.05) is 5.56 Å². The summed E-state index contributed by atoms with van der Waals surface area (Å²) in [7, 11) is 0. The number of aromatic amines is 1. The third-order valence-electron chi connectivity index (χ3n) is 2.24. The van der Waals surface area contributed by atoms with E-state index in [-0.39, 0.29) is 6.04 Å². The Morgan fingerprint density at radius 1 is 1.27 bits per heavy atom. The summed E-state index contributed by atoms with van der Waals surface area (Å²) in [6.45, 7) is 3.93. The van der Waals surface area contributed by atoms with Crippen LogP contribution in [0.15, 0.2) is 24.3 Å². The van der Waals surface area contributed by atoms with Crippen molar-refractivity contribution < 1.29 is 0 Å². The van der Waals surface area contributed by atoms with Gasteiger partial charge in [0.05, 0.1) is 6.04 Å². The quantitative estimate of drug-likeness (QED) is 0.780. The lowest BCUT2D eigenvalue weighted by atomic mass is 10.1. The molecule has 0 saturated heterocycles. The zero-order chi connectivity index (χ0) is 10.8. The van der Waals surface area contributed by atoms with Gasteiger partial charge in [0.1, 0.15) is 5.82 Å². The largest absolute Gasteiger partial charge is 0.322 e. The van der Waals surface area contributed by atoms with Crippen molar-refractivity contribution in [1.29, 1.82) is 0 Å². The highest BCUT2D eigenvalue weighted by atomic mass is 15.2. The lowest BCUT2D eigenvalue weighted by molar-refractivity contribution is 0.745. The van der Waals surface area contributed by atoms with E-state index in [1.807, 2.05) is 31.2 Å². The van der Waals surface area contributed by atoms with Crippen LogP contribution in [0.2, 0.25) is 0 Å². The number of hydrogen-bond donors (Lipinski definition) is 2. The minimum absolute atomic E-state index is 0.114. The van der Waals surface area contributed by atoms with Gasteiger partial charge in [-0.05, 0) is 13.8 Å². The van der Waals surface area contributed by atoms with Crippen LogP contribution in [0, 0.1) is 6.92 Å². The fourth-order valence-electron chi connectivity index (χ4n) is 1.31. The van der Waals surface area contributed by atoms with Crippen LogP contribution in [0.5, 0.6) is 0 Å². The number of H-pyrrole nitrogens is 1. The van der Waals surface area contributed by atoms with Gasteiger partial charge in [-0.25, -0.2) is 4.98 Å². The Morgan fingerprint density at radius 2 is 1.93 bits per heavy atom. The minimum Gasteiger partial charge on any atom is -0.322 e. The van der Waals surface area contributed by atoms with E-state index in [0.29, 0.717) is 11.6 Å². The molecule has 3 N–H and O–H groups in total. The fourth-order valence-corrected chi connectivity index (χ4v) is 1.31. The molecule has 1 heterocycles. The summed E-state index contributed by atoms with van der Waals surface area (Å²) in [4.78, 5) is 4.32. The second-order valence-electron chi connectivity index (χ2n) is 3.70. The van der Waals surface area contributed by atoms with E-state index in [1.54, 1.807) is 0 Å². The highest BCUT2D eigenvalue weighted by Crippen LogP contribution is 2.16. The van der Waals surface area contributed by atoms with Gasteiger partial charge in [-0.2, -0.15) is 5.10 Å². The van der Waals surface area contributed by atoms with E-state index < -0.39 is 0 Å². The normalized spacial score (nSPS) is 12.7. The number of nitrogens with two attached hydrogens (primary N) is 1. The third-order valence-corrected chi connectivity index (χ3v) is 2.24. The molecule has 4 nitrogen and oxygen atoms in total. The molecule has 78 valence electrons. The first-order valence-corrected chi connectivity index (χ1v) is 4.92. The van der Waals surface area contributed by atoms with Gasteiger partial charge >= 0.3 is 0 Å². The monoisotopic (exact) mass is 202 g/mol. The second-order valence-corrected chi connectivity index (χ2v) is 3.70. The van der Waals surface area contributed by atoms with Crippen LogP contribution in [0.1, 0.15) is 24.4 Å². The van der Waals surface area contributed by atoms with Crippen LogP contribution in [0.25, 0.3) is 11.4 Å². The van der Waals surface area contributed by atoms with Crippen molar-refractivity contribution in [1.82, 2.24) is 15.2 Å². The van der Waals surface area contributed by atoms with E-state index in [1.165, 1.54) is 5.56 Å². The Labute approximate surface area is 88.5 Å². The van der Waals surface area contributed by atoms with Gasteiger partial charge in [-0.1, -0.05) is 29.8 Å². The Morgan fingerprint density at radius 3 is 2.47 bits per heavy atom. The number of rotatable bonds is 2. The van der Waals surface area contributed by atoms with E-state index in [9.17, 15) is 0 Å². The Bertz CT molecular complexity index is 442. The van der Waals surface area contributed by atoms with Crippen LogP contribution >= 0.6 is 0 Å². The molecule has 0 spiro atoms. The van der Waals surface area contributed by atoms with Crippen LogP contribution in [-0.2, 0) is 0 Å². The molecule has 1 aromatic heterocycles. The van der Waals surface area contributed by atoms with Crippen molar-refractivity contribution in [3.8, 4) is 11.4 Å². The van der Waals surface area contributed by atoms with Crippen molar-refractivity contribution in [2.45, 2.75) is 19.9 Å². The topological polar surface area (TPSA) is 67.6 Å². The predicted molar refractivity (Wildman–Crippen MR) is 59.2 cm³/mol. The maximum absolute atomic E-state index is 5.70. The summed E-state index contributed by atoms with van der Waals surface area (Å²) >= 11 is 0. The summed E-state index contributed by atoms with van der Waals surface area (Å²) < 4.78 is 0. The molecule has 15 heavy (non-hydrogen) atoms. The number of aromatic nitrogens is 3. The highest BCUT2D eigenvalue weighted by Gasteiger charge is 2.07. The Balaban J connectivity index is 2.33. The minimum atomic E-state index is -0.114. The summed E-state index contributed by atoms with van der Waals surface area (Å²) in [5.74, 6) is 1.41. The van der Waals surface area contributed by atoms with E-state index in [4.69, 9.17) is 5.73 Å². The van der Waals surface area contributed by atoms with E-state index in [0.717, 1.165) is 5.56 Å². The molecule has 2 rings (SSSR count). The van der Waals surface area contributed by atoms with Gasteiger partial charge in [0.2, 0.25) is 0 Å². The molecule has 0 unspecified atom stereocenters. The van der Waals surface area contributed by atoms with Crippen molar-refractivity contribution in [3.63, 3.8) is 0 Å². The molecular formula is C11H14N4. The van der Waals surface area contributed by atoms with Gasteiger partial charge < -0.3 is 5.73 Å². The molecule has 1 atom stereocenters. The van der Waals surface area contributed by atoms with Crippen LogP contribution in [-0.4, -0.2) is 15.2 Å². The molecule has 4 heteroatoms. The number of nitrogens with zero attached hydrogens (tertiary/aromatic N) is 2. The summed E-state index contributed by atoms with van der Waals surface area (Å²) in [5.41, 5.74) is 7.92. The molecule has 0 amide bonds. The smallest absolute Gasteiger partial charge is 0.181 e. The van der Waals surface area contributed by atoms with Crippen LogP contribution < -0.4 is 5.73 Å². The Kier molecular flexibility index (Phi) is 2.51. The predicted octanol–water partition coefficient (Wildman–Crippen LogP) is 1.80. The van der Waals surface area contributed by atoms with Gasteiger partial charge in [-0.15, -0.1) is 0 Å². The maximum atomic E-state index is 5.70. The first kappa shape index (κ1) is 9.86. The lowest BCUT2D eigenvalue weighted by Crippen LogP contribution is -2.06. The lowest BCUT2D eigenvalue weighted by Gasteiger charge is -1.97. The average molecular weight is 202 g/mol. The molecule has 0 bridgehead atoms. The molecule has 2 aromatic rings. The molecule has 0 aliphatic carbocycles.